The molecule has 0 saturated carbocycles. The van der Waals surface area contributed by atoms with E-state index in [9.17, 15) is 0 Å². The molecule has 3 heterocycles. The molecular weight excluding hydrogens is 255 g/mol. The Morgan fingerprint density at radius 2 is 1.40 bits per heavy atom. The van der Waals surface area contributed by atoms with Crippen molar-refractivity contribution in [2.45, 2.75) is 0 Å². The molecule has 0 saturated heterocycles. The molecule has 0 aliphatic carbocycles. The second-order valence-corrected chi connectivity index (χ2v) is 4.60. The van der Waals surface area contributed by atoms with Gasteiger partial charge in [0.2, 0.25) is 0 Å². The Kier molecular flexibility index (Phi) is 1.28. The molecule has 0 bridgehead atoms. The Morgan fingerprint density at radius 1 is 0.867 bits per heavy atom. The second kappa shape index (κ2) is 2.51. The topological polar surface area (TPSA) is 57.4 Å². The third-order valence-electron chi connectivity index (χ3n) is 2.74. The van der Waals surface area contributed by atoms with Crippen molar-refractivity contribution in [3.05, 3.63) is 24.5 Å². The van der Waals surface area contributed by atoms with Crippen LogP contribution in [-0.4, -0.2) is 32.9 Å². The predicted molar refractivity (Wildman–Crippen MR) is 60.2 cm³/mol. The average molecular weight is 261 g/mol. The fourth-order valence-corrected chi connectivity index (χ4v) is 3.29. The number of aromatic amines is 2. The summed E-state index contributed by atoms with van der Waals surface area (Å²) in [7, 11) is 0. The minimum atomic E-state index is 0.0259. The number of benzene rings is 1. The first-order valence-electron chi connectivity index (χ1n) is 4.63. The summed E-state index contributed by atoms with van der Waals surface area (Å²) in [6, 6.07) is 4.13. The van der Waals surface area contributed by atoms with E-state index in [4.69, 9.17) is 0 Å². The van der Waals surface area contributed by atoms with Crippen molar-refractivity contribution in [3.63, 3.8) is 0 Å². The number of rotatable bonds is 0. The zero-order valence-electron chi connectivity index (χ0n) is 7.61. The van der Waals surface area contributed by atoms with Gasteiger partial charge in [-0.1, -0.05) is 0 Å². The molecule has 0 fully saturated rings. The van der Waals surface area contributed by atoms with Gasteiger partial charge in [0.25, 0.3) is 0 Å². The molecule has 0 aliphatic rings. The van der Waals surface area contributed by atoms with Crippen LogP contribution in [0.1, 0.15) is 0 Å². The number of nitrogens with one attached hydrogen (secondary N) is 2. The van der Waals surface area contributed by atoms with E-state index in [1.165, 1.54) is 10.8 Å². The van der Waals surface area contributed by atoms with E-state index in [0.29, 0.717) is 0 Å². The molecule has 0 atom stereocenters. The molecule has 0 radical (unpaired) electrons. The maximum absolute atomic E-state index is 4.49. The average Bonchev–Trinajstić information content (AvgIpc) is 2.97. The van der Waals surface area contributed by atoms with Crippen molar-refractivity contribution in [1.82, 2.24) is 17.9 Å². The first-order valence-corrected chi connectivity index (χ1v) is 6.17. The molecule has 72 valence electrons. The molecule has 3 aromatic heterocycles. The van der Waals surface area contributed by atoms with Crippen LogP contribution in [0.4, 0.5) is 0 Å². The zero-order chi connectivity index (χ0) is 9.83. The fraction of sp³-hybridized carbons (Fsp3) is 0. The van der Waals surface area contributed by atoms with Crippen LogP contribution >= 0.6 is 0 Å². The molecule has 0 aliphatic heterocycles. The molecule has 4 rings (SSSR count). The van der Waals surface area contributed by atoms with Gasteiger partial charge in [0.05, 0.1) is 0 Å². The van der Waals surface area contributed by atoms with E-state index in [-0.39, 0.29) is 15.0 Å². The summed E-state index contributed by atoms with van der Waals surface area (Å²) in [6.07, 6.45) is 3.90. The van der Waals surface area contributed by atoms with Crippen molar-refractivity contribution in [2.24, 2.45) is 0 Å². The van der Waals surface area contributed by atoms with Gasteiger partial charge in [-0.25, -0.2) is 0 Å². The molecule has 2 N–H and O–H groups in total. The molecule has 0 amide bonds. The summed E-state index contributed by atoms with van der Waals surface area (Å²) in [5.41, 5.74) is 4.37. The van der Waals surface area contributed by atoms with E-state index in [1.807, 2.05) is 12.4 Å². The molecule has 1 aromatic carbocycles. The quantitative estimate of drug-likeness (QED) is 0.473. The molecule has 15 heavy (non-hydrogen) atoms. The van der Waals surface area contributed by atoms with E-state index in [2.05, 4.69) is 30.1 Å². The summed E-state index contributed by atoms with van der Waals surface area (Å²) in [5.74, 6) is 0. The summed E-state index contributed by atoms with van der Waals surface area (Å²) in [4.78, 5) is 6.50. The van der Waals surface area contributed by atoms with Crippen molar-refractivity contribution < 1.29 is 0 Å². The molecule has 4 aromatic rings. The van der Waals surface area contributed by atoms with Crippen molar-refractivity contribution in [2.75, 3.05) is 0 Å². The van der Waals surface area contributed by atoms with E-state index in [0.717, 1.165) is 22.1 Å². The fourth-order valence-electron chi connectivity index (χ4n) is 2.09. The first-order chi connectivity index (χ1) is 7.45. The van der Waals surface area contributed by atoms with Gasteiger partial charge >= 0.3 is 90.3 Å². The van der Waals surface area contributed by atoms with Gasteiger partial charge in [0.15, 0.2) is 0 Å². The van der Waals surface area contributed by atoms with Gasteiger partial charge in [-0.3, -0.25) is 0 Å². The Labute approximate surface area is 90.5 Å². The Bertz CT molecular complexity index is 581. The molecule has 0 spiro atoms. The Morgan fingerprint density at radius 3 is 1.93 bits per heavy atom. The molecular formula is C10H6N4Se. The van der Waals surface area contributed by atoms with Crippen molar-refractivity contribution in [1.29, 1.82) is 0 Å². The Hall–Kier alpha value is -1.58. The van der Waals surface area contributed by atoms with Crippen LogP contribution in [0, 0.1) is 0 Å². The van der Waals surface area contributed by atoms with Crippen LogP contribution in [0.3, 0.4) is 0 Å². The second-order valence-electron chi connectivity index (χ2n) is 3.49. The summed E-state index contributed by atoms with van der Waals surface area (Å²) in [5, 5.41) is 2.34. The Balaban J connectivity index is 2.56. The predicted octanol–water partition coefficient (Wildman–Crippen LogP) is 1.65. The van der Waals surface area contributed by atoms with Gasteiger partial charge in [-0.2, -0.15) is 0 Å². The number of hydrogen-bond acceptors (Lipinski definition) is 2. The van der Waals surface area contributed by atoms with E-state index in [1.54, 1.807) is 0 Å². The molecule has 4 nitrogen and oxygen atoms in total. The van der Waals surface area contributed by atoms with Crippen molar-refractivity contribution in [3.8, 4) is 0 Å². The van der Waals surface area contributed by atoms with E-state index < -0.39 is 0 Å². The summed E-state index contributed by atoms with van der Waals surface area (Å²) in [6.45, 7) is 0. The van der Waals surface area contributed by atoms with Crippen LogP contribution in [0.2, 0.25) is 0 Å². The SMILES string of the molecule is c1cc2c3n[se]nc3c3cc[nH]c3c2[nH]1. The minimum absolute atomic E-state index is 0.0259. The monoisotopic (exact) mass is 262 g/mol. The first kappa shape index (κ1) is 7.68. The summed E-state index contributed by atoms with van der Waals surface area (Å²) >= 11 is 0.0259. The van der Waals surface area contributed by atoms with Crippen LogP contribution in [-0.2, 0) is 0 Å². The number of H-pyrrole nitrogens is 2. The number of fused-ring (bicyclic) bond motifs is 6. The third-order valence-corrected chi connectivity index (χ3v) is 3.85. The van der Waals surface area contributed by atoms with Gasteiger partial charge in [-0.15, -0.1) is 0 Å². The number of hydrogen-bond donors (Lipinski definition) is 2. The zero-order valence-corrected chi connectivity index (χ0v) is 9.33. The van der Waals surface area contributed by atoms with Crippen molar-refractivity contribution >= 4 is 47.8 Å². The normalized spacial score (nSPS) is 12.0. The standard InChI is InChI=1S/C10H6N4Se/c1-3-11-7-5(1)9-10(14-15-13-9)6-2-4-12-8(6)7/h1-4,11-12H. The molecule has 0 unspecified atom stereocenters. The van der Waals surface area contributed by atoms with Gasteiger partial charge in [0.1, 0.15) is 0 Å². The van der Waals surface area contributed by atoms with Crippen LogP contribution in [0.5, 0.6) is 0 Å². The molecule has 5 heteroatoms. The van der Waals surface area contributed by atoms with Gasteiger partial charge < -0.3 is 0 Å². The van der Waals surface area contributed by atoms with Crippen LogP contribution < -0.4 is 0 Å². The third kappa shape index (κ3) is 0.825. The van der Waals surface area contributed by atoms with Gasteiger partial charge in [-0.05, 0) is 0 Å². The van der Waals surface area contributed by atoms with Gasteiger partial charge in [0, 0.05) is 0 Å². The summed E-state index contributed by atoms with van der Waals surface area (Å²) < 4.78 is 8.98. The van der Waals surface area contributed by atoms with Crippen LogP contribution in [0.15, 0.2) is 24.5 Å². The van der Waals surface area contributed by atoms with Crippen LogP contribution in [0.25, 0.3) is 32.8 Å². The van der Waals surface area contributed by atoms with E-state index >= 15 is 0 Å². The number of aromatic nitrogens is 4. The maximum atomic E-state index is 4.49. The number of nitrogens with zero attached hydrogens (tertiary/aromatic N) is 2.